The molecule has 1 heterocycles. The van der Waals surface area contributed by atoms with Gasteiger partial charge in [-0.15, -0.1) is 0 Å². The predicted molar refractivity (Wildman–Crippen MR) is 60.2 cm³/mol. The molecule has 4 heteroatoms. The van der Waals surface area contributed by atoms with Crippen LogP contribution < -0.4 is 15.1 Å². The van der Waals surface area contributed by atoms with E-state index in [1.165, 1.54) is 13.2 Å². The molecule has 0 atom stereocenters. The highest BCUT2D eigenvalue weighted by Gasteiger charge is 2.10. The van der Waals surface area contributed by atoms with Crippen LogP contribution >= 0.6 is 0 Å². The van der Waals surface area contributed by atoms with E-state index in [1.807, 2.05) is 13.0 Å². The first-order valence-electron chi connectivity index (χ1n) is 5.00. The molecule has 0 aliphatic heterocycles. The summed E-state index contributed by atoms with van der Waals surface area (Å²) in [6, 6.07) is 6.61. The molecule has 0 bridgehead atoms. The van der Waals surface area contributed by atoms with E-state index in [4.69, 9.17) is 13.9 Å². The van der Waals surface area contributed by atoms with Crippen molar-refractivity contribution in [3.63, 3.8) is 0 Å². The third-order valence-electron chi connectivity index (χ3n) is 2.21. The molecule has 1 aromatic heterocycles. The number of methoxy groups -OCH3 is 1. The van der Waals surface area contributed by atoms with Crippen molar-refractivity contribution in [3.8, 4) is 11.5 Å². The summed E-state index contributed by atoms with van der Waals surface area (Å²) in [5.41, 5.74) is 0.0355. The molecule has 2 aromatic rings. The van der Waals surface area contributed by atoms with Gasteiger partial charge in [0.2, 0.25) is 0 Å². The molecule has 0 saturated heterocycles. The number of fused-ring (bicyclic) bond motifs is 1. The summed E-state index contributed by atoms with van der Waals surface area (Å²) < 4.78 is 15.7. The lowest BCUT2D eigenvalue weighted by atomic mass is 10.2. The number of benzene rings is 1. The molecule has 0 aliphatic rings. The van der Waals surface area contributed by atoms with E-state index in [0.717, 1.165) is 0 Å². The average molecular weight is 220 g/mol. The minimum atomic E-state index is -0.432. The second-order valence-electron chi connectivity index (χ2n) is 3.20. The molecule has 0 saturated carbocycles. The average Bonchev–Trinajstić information content (AvgIpc) is 2.28. The van der Waals surface area contributed by atoms with Crippen molar-refractivity contribution >= 4 is 11.0 Å². The van der Waals surface area contributed by atoms with Crippen LogP contribution in [0.1, 0.15) is 6.92 Å². The van der Waals surface area contributed by atoms with Crippen molar-refractivity contribution in [1.82, 2.24) is 0 Å². The van der Waals surface area contributed by atoms with Gasteiger partial charge in [0.1, 0.15) is 22.5 Å². The fourth-order valence-corrected chi connectivity index (χ4v) is 1.59. The molecule has 0 aliphatic carbocycles. The van der Waals surface area contributed by atoms with E-state index >= 15 is 0 Å². The summed E-state index contributed by atoms with van der Waals surface area (Å²) in [5, 5.41) is 0.687. The summed E-state index contributed by atoms with van der Waals surface area (Å²) >= 11 is 0. The van der Waals surface area contributed by atoms with Gasteiger partial charge >= 0.3 is 5.63 Å². The van der Waals surface area contributed by atoms with Crippen LogP contribution in [0.5, 0.6) is 11.5 Å². The minimum Gasteiger partial charge on any atom is -0.496 e. The van der Waals surface area contributed by atoms with Crippen LogP contribution in [0.25, 0.3) is 11.0 Å². The number of ether oxygens (including phenoxy) is 2. The second-order valence-corrected chi connectivity index (χ2v) is 3.20. The summed E-state index contributed by atoms with van der Waals surface area (Å²) in [4.78, 5) is 11.2. The topological polar surface area (TPSA) is 48.7 Å². The molecule has 4 nitrogen and oxygen atoms in total. The van der Waals surface area contributed by atoms with Crippen LogP contribution in [0.3, 0.4) is 0 Å². The summed E-state index contributed by atoms with van der Waals surface area (Å²) in [5.74, 6) is 1.12. The van der Waals surface area contributed by atoms with Crippen molar-refractivity contribution in [2.75, 3.05) is 13.7 Å². The Kier molecular flexibility index (Phi) is 2.81. The predicted octanol–water partition coefficient (Wildman–Crippen LogP) is 2.20. The van der Waals surface area contributed by atoms with Gasteiger partial charge in [0.25, 0.3) is 0 Å². The van der Waals surface area contributed by atoms with Gasteiger partial charge in [-0.05, 0) is 19.1 Å². The third kappa shape index (κ3) is 1.74. The number of rotatable bonds is 3. The van der Waals surface area contributed by atoms with E-state index in [2.05, 4.69) is 0 Å². The van der Waals surface area contributed by atoms with Gasteiger partial charge in [0.05, 0.1) is 19.8 Å². The quantitative estimate of drug-likeness (QED) is 0.744. The first kappa shape index (κ1) is 10.5. The smallest absolute Gasteiger partial charge is 0.339 e. The van der Waals surface area contributed by atoms with Crippen molar-refractivity contribution in [2.45, 2.75) is 6.92 Å². The van der Waals surface area contributed by atoms with Crippen molar-refractivity contribution in [3.05, 3.63) is 34.7 Å². The first-order valence-corrected chi connectivity index (χ1v) is 5.00. The molecular weight excluding hydrogens is 208 g/mol. The van der Waals surface area contributed by atoms with Crippen LogP contribution in [0.15, 0.2) is 33.5 Å². The van der Waals surface area contributed by atoms with E-state index in [0.29, 0.717) is 29.1 Å². The summed E-state index contributed by atoms with van der Waals surface area (Å²) in [7, 11) is 1.51. The van der Waals surface area contributed by atoms with Crippen molar-refractivity contribution in [1.29, 1.82) is 0 Å². The molecule has 0 spiro atoms. The Labute approximate surface area is 92.4 Å². The van der Waals surface area contributed by atoms with E-state index in [1.54, 1.807) is 12.1 Å². The lowest BCUT2D eigenvalue weighted by Crippen LogP contribution is -2.00. The Morgan fingerprint density at radius 3 is 2.81 bits per heavy atom. The zero-order valence-corrected chi connectivity index (χ0v) is 9.15. The Balaban J connectivity index is 2.78. The van der Waals surface area contributed by atoms with E-state index in [-0.39, 0.29) is 0 Å². The molecule has 2 rings (SSSR count). The third-order valence-corrected chi connectivity index (χ3v) is 2.21. The fraction of sp³-hybridized carbons (Fsp3) is 0.250. The van der Waals surface area contributed by atoms with E-state index in [9.17, 15) is 4.79 Å². The molecule has 0 fully saturated rings. The lowest BCUT2D eigenvalue weighted by Gasteiger charge is -2.09. The molecule has 1 aromatic carbocycles. The first-order chi connectivity index (χ1) is 7.76. The van der Waals surface area contributed by atoms with Gasteiger partial charge in [-0.2, -0.15) is 0 Å². The second kappa shape index (κ2) is 4.26. The SMILES string of the molecule is CCOc1cccc2oc(=O)cc(OC)c12. The molecular formula is C12H12O4. The Hall–Kier alpha value is -1.97. The van der Waals surface area contributed by atoms with Crippen LogP contribution in [0, 0.1) is 0 Å². The van der Waals surface area contributed by atoms with Crippen molar-refractivity contribution < 1.29 is 13.9 Å². The minimum absolute atomic E-state index is 0.432. The van der Waals surface area contributed by atoms with Gasteiger partial charge in [-0.3, -0.25) is 0 Å². The Morgan fingerprint density at radius 2 is 2.12 bits per heavy atom. The Bertz CT molecular complexity index is 556. The summed E-state index contributed by atoms with van der Waals surface area (Å²) in [6.45, 7) is 2.44. The van der Waals surface area contributed by atoms with Gasteiger partial charge < -0.3 is 13.9 Å². The molecule has 16 heavy (non-hydrogen) atoms. The maximum absolute atomic E-state index is 11.2. The van der Waals surface area contributed by atoms with Gasteiger partial charge in [0, 0.05) is 0 Å². The zero-order chi connectivity index (χ0) is 11.5. The van der Waals surface area contributed by atoms with Gasteiger partial charge in [-0.1, -0.05) is 6.07 Å². The van der Waals surface area contributed by atoms with Crippen molar-refractivity contribution in [2.24, 2.45) is 0 Å². The maximum atomic E-state index is 11.2. The summed E-state index contributed by atoms with van der Waals surface area (Å²) in [6.07, 6.45) is 0. The lowest BCUT2D eigenvalue weighted by molar-refractivity contribution is 0.341. The van der Waals surface area contributed by atoms with Gasteiger partial charge in [-0.25, -0.2) is 4.79 Å². The normalized spacial score (nSPS) is 10.4. The highest BCUT2D eigenvalue weighted by molar-refractivity contribution is 5.89. The van der Waals surface area contributed by atoms with E-state index < -0.39 is 5.63 Å². The number of hydrogen-bond acceptors (Lipinski definition) is 4. The molecule has 84 valence electrons. The number of hydrogen-bond donors (Lipinski definition) is 0. The largest absolute Gasteiger partial charge is 0.496 e. The van der Waals surface area contributed by atoms with Crippen LogP contribution in [0.2, 0.25) is 0 Å². The Morgan fingerprint density at radius 1 is 1.31 bits per heavy atom. The highest BCUT2D eigenvalue weighted by atomic mass is 16.5. The zero-order valence-electron chi connectivity index (χ0n) is 9.15. The highest BCUT2D eigenvalue weighted by Crippen LogP contribution is 2.32. The standard InChI is InChI=1S/C12H12O4/c1-3-15-8-5-4-6-9-12(8)10(14-2)7-11(13)16-9/h4-7H,3H2,1-2H3. The van der Waals surface area contributed by atoms with Crippen LogP contribution in [-0.4, -0.2) is 13.7 Å². The molecule has 0 unspecified atom stereocenters. The fourth-order valence-electron chi connectivity index (χ4n) is 1.59. The van der Waals surface area contributed by atoms with Crippen LogP contribution in [0.4, 0.5) is 0 Å². The van der Waals surface area contributed by atoms with Gasteiger partial charge in [0.15, 0.2) is 0 Å². The molecule has 0 radical (unpaired) electrons. The molecule has 0 N–H and O–H groups in total. The monoisotopic (exact) mass is 220 g/mol. The maximum Gasteiger partial charge on any atom is 0.339 e. The molecule has 0 amide bonds. The van der Waals surface area contributed by atoms with Crippen LogP contribution in [-0.2, 0) is 0 Å².